The first-order chi connectivity index (χ1) is 12.9. The van der Waals surface area contributed by atoms with Crippen LogP contribution in [-0.4, -0.2) is 47.6 Å². The SMILES string of the molecule is CCOC(=O)C(/C=N/N(C)C(=O)OC(C)(C)C)=C(\O)c1cc(I)cc(F)c1F. The standard InChI is InChI=1S/C18H21F2IN2O5/c1-6-27-16(25)12(9-22-23(5)17(26)28-18(2,3)4)15(24)11-7-10(21)8-13(19)14(11)20/h7-9,24H,6H2,1-5H3/b15-12-,22-9+. The van der Waals surface area contributed by atoms with Crippen LogP contribution in [-0.2, 0) is 14.3 Å². The van der Waals surface area contributed by atoms with Crippen molar-refractivity contribution in [2.45, 2.75) is 33.3 Å². The molecule has 0 unspecified atom stereocenters. The van der Waals surface area contributed by atoms with Crippen molar-refractivity contribution in [1.82, 2.24) is 5.01 Å². The van der Waals surface area contributed by atoms with Crippen molar-refractivity contribution in [1.29, 1.82) is 0 Å². The van der Waals surface area contributed by atoms with Crippen LogP contribution in [0.25, 0.3) is 5.76 Å². The Balaban J connectivity index is 3.36. The maximum Gasteiger partial charge on any atom is 0.430 e. The predicted molar refractivity (Wildman–Crippen MR) is 108 cm³/mol. The van der Waals surface area contributed by atoms with Gasteiger partial charge in [0, 0.05) is 10.6 Å². The molecule has 1 aromatic carbocycles. The molecule has 0 aromatic heterocycles. The van der Waals surface area contributed by atoms with Crippen molar-refractivity contribution < 1.29 is 33.0 Å². The number of amides is 1. The fraction of sp³-hybridized carbons (Fsp3) is 0.389. The molecule has 0 aliphatic heterocycles. The van der Waals surface area contributed by atoms with E-state index < -0.39 is 46.2 Å². The highest BCUT2D eigenvalue weighted by Crippen LogP contribution is 2.24. The number of halogens is 3. The summed E-state index contributed by atoms with van der Waals surface area (Å²) in [4.78, 5) is 24.1. The first kappa shape index (κ1) is 23.8. The smallest absolute Gasteiger partial charge is 0.430 e. The number of nitrogens with zero attached hydrogens (tertiary/aromatic N) is 2. The van der Waals surface area contributed by atoms with E-state index in [9.17, 15) is 23.5 Å². The van der Waals surface area contributed by atoms with E-state index in [0.29, 0.717) is 3.57 Å². The number of esters is 1. The van der Waals surface area contributed by atoms with E-state index in [4.69, 9.17) is 9.47 Å². The maximum absolute atomic E-state index is 14.1. The molecule has 0 radical (unpaired) electrons. The van der Waals surface area contributed by atoms with Gasteiger partial charge < -0.3 is 14.6 Å². The molecule has 0 saturated carbocycles. The molecule has 7 nitrogen and oxygen atoms in total. The normalized spacial score (nSPS) is 12.6. The van der Waals surface area contributed by atoms with Crippen LogP contribution in [0.3, 0.4) is 0 Å². The molecule has 0 heterocycles. The lowest BCUT2D eigenvalue weighted by Crippen LogP contribution is -2.31. The van der Waals surface area contributed by atoms with Crippen molar-refractivity contribution in [3.63, 3.8) is 0 Å². The number of hydrogen-bond donors (Lipinski definition) is 1. The highest BCUT2D eigenvalue weighted by atomic mass is 127. The molecule has 0 fully saturated rings. The second-order valence-electron chi connectivity index (χ2n) is 6.48. The summed E-state index contributed by atoms with van der Waals surface area (Å²) in [5.74, 6) is -4.44. The number of ether oxygens (including phenoxy) is 2. The quantitative estimate of drug-likeness (QED) is 0.122. The summed E-state index contributed by atoms with van der Waals surface area (Å²) < 4.78 is 38.0. The van der Waals surface area contributed by atoms with Gasteiger partial charge in [0.25, 0.3) is 0 Å². The Bertz CT molecular complexity index is 819. The van der Waals surface area contributed by atoms with Gasteiger partial charge in [-0.15, -0.1) is 0 Å². The summed E-state index contributed by atoms with van der Waals surface area (Å²) in [6.45, 7) is 6.47. The maximum atomic E-state index is 14.1. The Kier molecular flexibility index (Phi) is 8.33. The summed E-state index contributed by atoms with van der Waals surface area (Å²) in [5, 5.41) is 14.9. The fourth-order valence-corrected chi connectivity index (χ4v) is 2.40. The lowest BCUT2D eigenvalue weighted by molar-refractivity contribution is -0.137. The molecule has 28 heavy (non-hydrogen) atoms. The zero-order valence-electron chi connectivity index (χ0n) is 16.0. The largest absolute Gasteiger partial charge is 0.506 e. The summed E-state index contributed by atoms with van der Waals surface area (Å²) in [5.41, 5.74) is -1.87. The van der Waals surface area contributed by atoms with E-state index in [1.54, 1.807) is 43.4 Å². The lowest BCUT2D eigenvalue weighted by atomic mass is 10.1. The van der Waals surface area contributed by atoms with E-state index in [-0.39, 0.29) is 6.61 Å². The average molecular weight is 510 g/mol. The summed E-state index contributed by atoms with van der Waals surface area (Å²) in [7, 11) is 1.26. The van der Waals surface area contributed by atoms with E-state index >= 15 is 0 Å². The zero-order chi connectivity index (χ0) is 21.6. The number of hydrogen-bond acceptors (Lipinski definition) is 6. The minimum atomic E-state index is -1.34. The highest BCUT2D eigenvalue weighted by molar-refractivity contribution is 14.1. The molecular formula is C18H21F2IN2O5. The average Bonchev–Trinajstić information content (AvgIpc) is 2.56. The van der Waals surface area contributed by atoms with Crippen molar-refractivity contribution in [2.75, 3.05) is 13.7 Å². The number of hydrazone groups is 1. The summed E-state index contributed by atoms with van der Waals surface area (Å²) in [6.07, 6.45) is -0.00741. The van der Waals surface area contributed by atoms with Crippen LogP contribution in [0, 0.1) is 15.2 Å². The van der Waals surface area contributed by atoms with Gasteiger partial charge in [0.1, 0.15) is 16.9 Å². The van der Waals surface area contributed by atoms with Gasteiger partial charge >= 0.3 is 12.1 Å². The minimum Gasteiger partial charge on any atom is -0.506 e. The number of rotatable bonds is 5. The van der Waals surface area contributed by atoms with E-state index in [2.05, 4.69) is 5.10 Å². The monoisotopic (exact) mass is 510 g/mol. The van der Waals surface area contributed by atoms with Crippen molar-refractivity contribution >= 4 is 46.6 Å². The molecule has 0 spiro atoms. The van der Waals surface area contributed by atoms with E-state index in [1.165, 1.54) is 14.0 Å². The van der Waals surface area contributed by atoms with Crippen LogP contribution in [0.2, 0.25) is 0 Å². The van der Waals surface area contributed by atoms with Crippen LogP contribution in [0.15, 0.2) is 22.8 Å². The second kappa shape index (κ2) is 9.80. The van der Waals surface area contributed by atoms with Crippen LogP contribution in [0.5, 0.6) is 0 Å². The first-order valence-electron chi connectivity index (χ1n) is 8.13. The van der Waals surface area contributed by atoms with Crippen molar-refractivity contribution in [3.05, 3.63) is 38.5 Å². The Morgan fingerprint density at radius 3 is 2.46 bits per heavy atom. The summed E-state index contributed by atoms with van der Waals surface area (Å²) in [6, 6.07) is 2.08. The summed E-state index contributed by atoms with van der Waals surface area (Å²) >= 11 is 1.73. The molecule has 1 rings (SSSR count). The molecule has 1 amide bonds. The molecule has 1 aromatic rings. The number of aliphatic hydroxyl groups excluding tert-OH is 1. The molecule has 154 valence electrons. The lowest BCUT2D eigenvalue weighted by Gasteiger charge is -2.22. The third kappa shape index (κ3) is 6.73. The highest BCUT2D eigenvalue weighted by Gasteiger charge is 2.23. The molecule has 0 atom stereocenters. The number of aliphatic hydroxyl groups is 1. The Morgan fingerprint density at radius 1 is 1.32 bits per heavy atom. The third-order valence-electron chi connectivity index (χ3n) is 3.02. The molecule has 1 N–H and O–H groups in total. The Hall–Kier alpha value is -2.24. The fourth-order valence-electron chi connectivity index (χ4n) is 1.81. The molecular weight excluding hydrogens is 489 g/mol. The van der Waals surface area contributed by atoms with Gasteiger partial charge in [-0.3, -0.25) is 0 Å². The van der Waals surface area contributed by atoms with Gasteiger partial charge in [0.05, 0.1) is 18.4 Å². The van der Waals surface area contributed by atoms with Gasteiger partial charge in [-0.25, -0.2) is 23.4 Å². The minimum absolute atomic E-state index is 0.0332. The zero-order valence-corrected chi connectivity index (χ0v) is 18.2. The Morgan fingerprint density at radius 2 is 1.93 bits per heavy atom. The van der Waals surface area contributed by atoms with Crippen LogP contribution in [0.1, 0.15) is 33.3 Å². The van der Waals surface area contributed by atoms with Gasteiger partial charge in [0.2, 0.25) is 0 Å². The second-order valence-corrected chi connectivity index (χ2v) is 7.73. The first-order valence-corrected chi connectivity index (χ1v) is 9.21. The van der Waals surface area contributed by atoms with Gasteiger partial charge in [0.15, 0.2) is 11.6 Å². The molecule has 0 saturated heterocycles. The number of benzene rings is 1. The number of carbonyl (C=O) groups excluding carboxylic acids is 2. The van der Waals surface area contributed by atoms with Gasteiger partial charge in [-0.1, -0.05) is 0 Å². The topological polar surface area (TPSA) is 88.4 Å². The van der Waals surface area contributed by atoms with Crippen molar-refractivity contribution in [2.24, 2.45) is 5.10 Å². The molecule has 0 aliphatic carbocycles. The third-order valence-corrected chi connectivity index (χ3v) is 3.64. The number of carbonyl (C=O) groups is 2. The van der Waals surface area contributed by atoms with E-state index in [0.717, 1.165) is 23.4 Å². The predicted octanol–water partition coefficient (Wildman–Crippen LogP) is 4.25. The van der Waals surface area contributed by atoms with Crippen LogP contribution in [0.4, 0.5) is 13.6 Å². The van der Waals surface area contributed by atoms with Crippen LogP contribution < -0.4 is 0 Å². The van der Waals surface area contributed by atoms with Crippen LogP contribution >= 0.6 is 22.6 Å². The Labute approximate surface area is 175 Å². The van der Waals surface area contributed by atoms with Gasteiger partial charge in [-0.05, 0) is 62.4 Å². The molecule has 0 aliphatic rings. The van der Waals surface area contributed by atoms with Crippen molar-refractivity contribution in [3.8, 4) is 0 Å². The van der Waals surface area contributed by atoms with E-state index in [1.807, 2.05) is 0 Å². The molecule has 10 heteroatoms. The van der Waals surface area contributed by atoms with Gasteiger partial charge in [-0.2, -0.15) is 5.10 Å². The molecule has 0 bridgehead atoms.